The first kappa shape index (κ1) is 24.1. The number of carbonyl (C=O) groups is 1. The molecule has 0 saturated heterocycles. The van der Waals surface area contributed by atoms with Gasteiger partial charge in [-0.2, -0.15) is 15.6 Å². The normalized spacial score (nSPS) is 12.5. The van der Waals surface area contributed by atoms with E-state index in [1.807, 2.05) is 43.0 Å². The average Bonchev–Trinajstić information content (AvgIpc) is 2.80. The van der Waals surface area contributed by atoms with Gasteiger partial charge in [0.15, 0.2) is 6.29 Å². The maximum absolute atomic E-state index is 11.3. The maximum atomic E-state index is 11.3. The first-order chi connectivity index (χ1) is 15.3. The van der Waals surface area contributed by atoms with E-state index in [0.29, 0.717) is 25.1 Å². The van der Waals surface area contributed by atoms with Gasteiger partial charge in [0.1, 0.15) is 24.0 Å². The van der Waals surface area contributed by atoms with Crippen LogP contribution in [-0.2, 0) is 9.53 Å². The predicted molar refractivity (Wildman–Crippen MR) is 117 cm³/mol. The molecule has 2 atom stereocenters. The van der Waals surface area contributed by atoms with Crippen LogP contribution in [0, 0.1) is 39.7 Å². The van der Waals surface area contributed by atoms with Crippen LogP contribution in [0.15, 0.2) is 46.6 Å². The van der Waals surface area contributed by atoms with Crippen molar-refractivity contribution in [2.75, 3.05) is 18.0 Å². The van der Waals surface area contributed by atoms with Crippen LogP contribution in [0.1, 0.15) is 25.0 Å². The largest absolute Gasteiger partial charge is 0.369 e. The van der Waals surface area contributed by atoms with E-state index >= 15 is 0 Å². The number of nitro benzene ring substituents is 1. The molecule has 2 aromatic rings. The van der Waals surface area contributed by atoms with Gasteiger partial charge >= 0.3 is 0 Å². The zero-order valence-corrected chi connectivity index (χ0v) is 17.9. The molecule has 0 aliphatic carbocycles. The maximum Gasteiger partial charge on any atom is 0.270 e. The Morgan fingerprint density at radius 2 is 1.91 bits per heavy atom. The highest BCUT2D eigenvalue weighted by Crippen LogP contribution is 2.29. The van der Waals surface area contributed by atoms with Gasteiger partial charge in [-0.1, -0.05) is 0 Å². The molecule has 0 radical (unpaired) electrons. The number of ether oxygens (including phenoxy) is 1. The number of nitriles is 2. The Hall–Kier alpha value is -4.15. The van der Waals surface area contributed by atoms with Crippen molar-refractivity contribution in [2.45, 2.75) is 33.0 Å². The molecular weight excluding hydrogens is 412 g/mol. The lowest BCUT2D eigenvalue weighted by Crippen LogP contribution is -2.36. The fourth-order valence-corrected chi connectivity index (χ4v) is 2.92. The lowest BCUT2D eigenvalue weighted by atomic mass is 10.1. The van der Waals surface area contributed by atoms with E-state index < -0.39 is 17.1 Å². The second kappa shape index (κ2) is 11.3. The van der Waals surface area contributed by atoms with Crippen molar-refractivity contribution < 1.29 is 14.5 Å². The summed E-state index contributed by atoms with van der Waals surface area (Å²) in [6, 6.07) is 13.1. The van der Waals surface area contributed by atoms with Crippen LogP contribution >= 0.6 is 0 Å². The first-order valence-corrected chi connectivity index (χ1v) is 9.79. The number of hydrogen-bond donors (Lipinski definition) is 0. The molecule has 10 heteroatoms. The summed E-state index contributed by atoms with van der Waals surface area (Å²) in [7, 11) is 0. The number of rotatable bonds is 10. The number of nitrogens with zero attached hydrogens (tertiary/aromatic N) is 6. The van der Waals surface area contributed by atoms with E-state index in [1.54, 1.807) is 13.0 Å². The molecule has 0 fully saturated rings. The molecule has 0 saturated carbocycles. The molecule has 0 heterocycles. The second-order valence-corrected chi connectivity index (χ2v) is 6.86. The van der Waals surface area contributed by atoms with Crippen molar-refractivity contribution in [3.63, 3.8) is 0 Å². The molecule has 0 aliphatic heterocycles. The minimum Gasteiger partial charge on any atom is -0.369 e. The van der Waals surface area contributed by atoms with Gasteiger partial charge in [-0.3, -0.25) is 10.1 Å². The van der Waals surface area contributed by atoms with Crippen molar-refractivity contribution in [2.24, 2.45) is 10.2 Å². The Bertz CT molecular complexity index is 1100. The average molecular weight is 434 g/mol. The van der Waals surface area contributed by atoms with E-state index in [0.717, 1.165) is 17.3 Å². The van der Waals surface area contributed by atoms with Crippen LogP contribution in [0.25, 0.3) is 0 Å². The number of carbonyl (C=O) groups excluding carboxylic acids is 1. The number of hydrogen-bond acceptors (Lipinski definition) is 9. The molecule has 164 valence electrons. The standard InChI is InChI=1S/C22H22N6O4/c1-4-27(13-20(14-29)32-16(3)11-23)18-5-7-21(15(2)9-18)25-26-22-8-6-19(28(30)31)10-17(22)12-24/h5-10,14,16,20H,4,13H2,1-3H3. The van der Waals surface area contributed by atoms with Gasteiger partial charge in [0, 0.05) is 24.4 Å². The Balaban J connectivity index is 2.22. The highest BCUT2D eigenvalue weighted by atomic mass is 16.6. The molecule has 2 rings (SSSR count). The fraction of sp³-hybridized carbons (Fsp3) is 0.318. The number of nitro groups is 1. The highest BCUT2D eigenvalue weighted by molar-refractivity contribution is 5.62. The Labute approximate surface area is 185 Å². The summed E-state index contributed by atoms with van der Waals surface area (Å²) in [6.07, 6.45) is -0.745. The summed E-state index contributed by atoms with van der Waals surface area (Å²) in [5, 5.41) is 37.2. The van der Waals surface area contributed by atoms with E-state index in [9.17, 15) is 20.2 Å². The molecule has 32 heavy (non-hydrogen) atoms. The number of azo groups is 1. The minimum absolute atomic E-state index is 0.0564. The summed E-state index contributed by atoms with van der Waals surface area (Å²) in [6.45, 7) is 6.28. The Morgan fingerprint density at radius 1 is 1.22 bits per heavy atom. The van der Waals surface area contributed by atoms with Crippen LogP contribution in [0.4, 0.5) is 22.7 Å². The number of aryl methyl sites for hydroxylation is 1. The SMILES string of the molecule is CCN(CC(C=O)OC(C)C#N)c1ccc(N=Nc2ccc([N+](=O)[O-])cc2C#N)c(C)c1. The molecule has 0 bridgehead atoms. The van der Waals surface area contributed by atoms with Gasteiger partial charge in [0.2, 0.25) is 0 Å². The van der Waals surface area contributed by atoms with Crippen molar-refractivity contribution >= 4 is 29.0 Å². The van der Waals surface area contributed by atoms with E-state index in [-0.39, 0.29) is 16.9 Å². The van der Waals surface area contributed by atoms with Crippen LogP contribution in [0.2, 0.25) is 0 Å². The number of benzene rings is 2. The monoisotopic (exact) mass is 434 g/mol. The molecule has 10 nitrogen and oxygen atoms in total. The fourth-order valence-electron chi connectivity index (χ4n) is 2.92. The van der Waals surface area contributed by atoms with E-state index in [4.69, 9.17) is 10.00 Å². The molecule has 0 spiro atoms. The van der Waals surface area contributed by atoms with E-state index in [1.165, 1.54) is 12.1 Å². The van der Waals surface area contributed by atoms with E-state index in [2.05, 4.69) is 10.2 Å². The molecule has 2 unspecified atom stereocenters. The van der Waals surface area contributed by atoms with Gasteiger partial charge < -0.3 is 14.4 Å². The molecular formula is C22H22N6O4. The Kier molecular flexibility index (Phi) is 8.52. The van der Waals surface area contributed by atoms with Crippen molar-refractivity contribution in [1.29, 1.82) is 10.5 Å². The van der Waals surface area contributed by atoms with Crippen molar-refractivity contribution in [1.82, 2.24) is 0 Å². The van der Waals surface area contributed by atoms with Crippen LogP contribution in [-0.4, -0.2) is 36.5 Å². The lowest BCUT2D eigenvalue weighted by molar-refractivity contribution is -0.384. The molecule has 0 aliphatic rings. The minimum atomic E-state index is -0.740. The molecule has 0 aromatic heterocycles. The number of non-ortho nitro benzene ring substituents is 1. The smallest absolute Gasteiger partial charge is 0.270 e. The Morgan fingerprint density at radius 3 is 2.47 bits per heavy atom. The quantitative estimate of drug-likeness (QED) is 0.231. The van der Waals surface area contributed by atoms with Gasteiger partial charge in [0.25, 0.3) is 5.69 Å². The zero-order chi connectivity index (χ0) is 23.7. The van der Waals surface area contributed by atoms with Gasteiger partial charge in [-0.05, 0) is 50.6 Å². The second-order valence-electron chi connectivity index (χ2n) is 6.86. The number of anilines is 1. The first-order valence-electron chi connectivity index (χ1n) is 9.79. The number of likely N-dealkylation sites (N-methyl/N-ethyl adjacent to an activating group) is 1. The van der Waals surface area contributed by atoms with Crippen molar-refractivity contribution in [3.8, 4) is 12.1 Å². The summed E-state index contributed by atoms with van der Waals surface area (Å²) < 4.78 is 5.42. The van der Waals surface area contributed by atoms with Crippen LogP contribution in [0.5, 0.6) is 0 Å². The molecule has 2 aromatic carbocycles. The van der Waals surface area contributed by atoms with Crippen LogP contribution in [0.3, 0.4) is 0 Å². The van der Waals surface area contributed by atoms with Crippen LogP contribution < -0.4 is 4.90 Å². The van der Waals surface area contributed by atoms with Crippen molar-refractivity contribution in [3.05, 3.63) is 57.6 Å². The third kappa shape index (κ3) is 6.17. The van der Waals surface area contributed by atoms with Gasteiger partial charge in [-0.15, -0.1) is 5.11 Å². The third-order valence-electron chi connectivity index (χ3n) is 4.62. The summed E-state index contributed by atoms with van der Waals surface area (Å²) in [5.74, 6) is 0. The van der Waals surface area contributed by atoms with Gasteiger partial charge in [-0.25, -0.2) is 0 Å². The predicted octanol–water partition coefficient (Wildman–Crippen LogP) is 4.51. The number of aldehydes is 1. The summed E-state index contributed by atoms with van der Waals surface area (Å²) in [5.41, 5.74) is 2.31. The topological polar surface area (TPSA) is 145 Å². The molecule has 0 N–H and O–H groups in total. The van der Waals surface area contributed by atoms with Gasteiger partial charge in [0.05, 0.1) is 28.8 Å². The lowest BCUT2D eigenvalue weighted by Gasteiger charge is -2.27. The summed E-state index contributed by atoms with van der Waals surface area (Å²) >= 11 is 0. The summed E-state index contributed by atoms with van der Waals surface area (Å²) in [4.78, 5) is 23.6. The zero-order valence-electron chi connectivity index (χ0n) is 17.9. The highest BCUT2D eigenvalue weighted by Gasteiger charge is 2.17. The molecule has 0 amide bonds. The third-order valence-corrected chi connectivity index (χ3v) is 4.62.